The fraction of sp³-hybridized carbons (Fsp3) is 0.800. The van der Waals surface area contributed by atoms with Gasteiger partial charge < -0.3 is 14.7 Å². The Hall–Kier alpha value is -1.12. The maximum Gasteiger partial charge on any atom is 0.236 e. The molecule has 1 amide bonds. The lowest BCUT2D eigenvalue weighted by molar-refractivity contribution is -0.132. The summed E-state index contributed by atoms with van der Waals surface area (Å²) in [4.78, 5) is 13.0. The number of aliphatic hydroxyl groups is 1. The third kappa shape index (κ3) is 3.86. The Bertz CT molecular complexity index is 242. The molecule has 0 unspecified atom stereocenters. The summed E-state index contributed by atoms with van der Waals surface area (Å²) in [6.07, 6.45) is 1.68. The Morgan fingerprint density at radius 1 is 1.53 bits per heavy atom. The van der Waals surface area contributed by atoms with Crippen molar-refractivity contribution < 1.29 is 14.6 Å². The van der Waals surface area contributed by atoms with Crippen molar-refractivity contribution in [1.82, 2.24) is 4.90 Å². The van der Waals surface area contributed by atoms with E-state index >= 15 is 0 Å². The lowest BCUT2D eigenvalue weighted by Gasteiger charge is -2.31. The minimum Gasteiger partial charge on any atom is -0.394 e. The van der Waals surface area contributed by atoms with Crippen LogP contribution in [0.3, 0.4) is 0 Å². The quantitative estimate of drug-likeness (QED) is 0.706. The Morgan fingerprint density at radius 3 is 2.73 bits per heavy atom. The summed E-state index contributed by atoms with van der Waals surface area (Å²) in [6.45, 7) is 1.69. The fourth-order valence-corrected chi connectivity index (χ4v) is 1.67. The van der Waals surface area contributed by atoms with Crippen LogP contribution in [0, 0.1) is 11.3 Å². The van der Waals surface area contributed by atoms with Crippen LogP contribution in [-0.2, 0) is 9.53 Å². The van der Waals surface area contributed by atoms with E-state index in [-0.39, 0.29) is 25.0 Å². The lowest BCUT2D eigenvalue weighted by atomic mass is 10.1. The third-order valence-corrected chi connectivity index (χ3v) is 2.47. The molecule has 0 bridgehead atoms. The molecule has 0 aromatic rings. The second kappa shape index (κ2) is 6.38. The highest BCUT2D eigenvalue weighted by Gasteiger charge is 2.22. The predicted molar refractivity (Wildman–Crippen MR) is 52.9 cm³/mol. The maximum absolute atomic E-state index is 11.3. The number of carbonyl (C=O) groups is 1. The number of ether oxygens (including phenoxy) is 1. The molecular formula is C10H16N2O3. The van der Waals surface area contributed by atoms with Gasteiger partial charge in [0.1, 0.15) is 6.42 Å². The van der Waals surface area contributed by atoms with Crippen molar-refractivity contribution in [2.75, 3.05) is 26.3 Å². The van der Waals surface area contributed by atoms with E-state index in [1.165, 1.54) is 0 Å². The van der Waals surface area contributed by atoms with Crippen molar-refractivity contribution in [1.29, 1.82) is 5.26 Å². The van der Waals surface area contributed by atoms with E-state index in [0.29, 0.717) is 19.7 Å². The number of piperidine rings is 1. The normalized spacial score (nSPS) is 17.5. The molecule has 1 saturated heterocycles. The summed E-state index contributed by atoms with van der Waals surface area (Å²) in [5, 5.41) is 17.0. The summed E-state index contributed by atoms with van der Waals surface area (Å²) >= 11 is 0. The van der Waals surface area contributed by atoms with Crippen molar-refractivity contribution in [3.8, 4) is 6.07 Å². The Labute approximate surface area is 89.2 Å². The molecule has 5 heteroatoms. The van der Waals surface area contributed by atoms with Crippen LogP contribution in [0.25, 0.3) is 0 Å². The van der Waals surface area contributed by atoms with Crippen LogP contribution in [0.5, 0.6) is 0 Å². The highest BCUT2D eigenvalue weighted by Crippen LogP contribution is 2.14. The van der Waals surface area contributed by atoms with Crippen LogP contribution in [0.15, 0.2) is 0 Å². The molecule has 1 N–H and O–H groups in total. The smallest absolute Gasteiger partial charge is 0.236 e. The number of likely N-dealkylation sites (tertiary alicyclic amines) is 1. The number of rotatable bonds is 4. The Morgan fingerprint density at radius 2 is 2.20 bits per heavy atom. The maximum atomic E-state index is 11.3. The van der Waals surface area contributed by atoms with Crippen LogP contribution in [0.4, 0.5) is 0 Å². The van der Waals surface area contributed by atoms with Gasteiger partial charge in [-0.1, -0.05) is 0 Å². The first-order valence-corrected chi connectivity index (χ1v) is 5.15. The van der Waals surface area contributed by atoms with Gasteiger partial charge in [-0.15, -0.1) is 0 Å². The molecule has 0 saturated carbocycles. The molecule has 15 heavy (non-hydrogen) atoms. The highest BCUT2D eigenvalue weighted by molar-refractivity contribution is 5.78. The number of carbonyl (C=O) groups excluding carboxylic acids is 1. The number of amides is 1. The van der Waals surface area contributed by atoms with E-state index in [9.17, 15) is 4.79 Å². The summed E-state index contributed by atoms with van der Waals surface area (Å²) < 4.78 is 5.37. The summed E-state index contributed by atoms with van der Waals surface area (Å²) in [6, 6.07) is 1.85. The molecule has 0 aromatic heterocycles. The molecular weight excluding hydrogens is 196 g/mol. The van der Waals surface area contributed by atoms with E-state index in [0.717, 1.165) is 12.8 Å². The van der Waals surface area contributed by atoms with Gasteiger partial charge in [-0.05, 0) is 12.8 Å². The molecule has 84 valence electrons. The summed E-state index contributed by atoms with van der Waals surface area (Å²) in [7, 11) is 0. The Kier molecular flexibility index (Phi) is 5.08. The van der Waals surface area contributed by atoms with Crippen molar-refractivity contribution in [3.05, 3.63) is 0 Å². The van der Waals surface area contributed by atoms with Crippen molar-refractivity contribution in [3.63, 3.8) is 0 Å². The molecule has 1 heterocycles. The van der Waals surface area contributed by atoms with E-state index in [1.54, 1.807) is 4.90 Å². The van der Waals surface area contributed by atoms with E-state index in [2.05, 4.69) is 0 Å². The molecule has 1 fully saturated rings. The minimum absolute atomic E-state index is 0.0353. The van der Waals surface area contributed by atoms with Gasteiger partial charge in [0.05, 0.1) is 25.4 Å². The molecule has 1 aliphatic rings. The molecule has 0 radical (unpaired) electrons. The predicted octanol–water partition coefficient (Wildman–Crippen LogP) is -0.100. The van der Waals surface area contributed by atoms with Crippen LogP contribution < -0.4 is 0 Å². The first kappa shape index (κ1) is 12.0. The van der Waals surface area contributed by atoms with Crippen LogP contribution in [0.1, 0.15) is 19.3 Å². The first-order chi connectivity index (χ1) is 7.27. The lowest BCUT2D eigenvalue weighted by Crippen LogP contribution is -2.40. The van der Waals surface area contributed by atoms with Crippen LogP contribution in [-0.4, -0.2) is 48.3 Å². The number of aliphatic hydroxyl groups excluding tert-OH is 1. The van der Waals surface area contributed by atoms with Crippen molar-refractivity contribution >= 4 is 5.91 Å². The summed E-state index contributed by atoms with van der Waals surface area (Å²) in [5.74, 6) is -0.0990. The molecule has 0 spiro atoms. The highest BCUT2D eigenvalue weighted by atomic mass is 16.5. The molecule has 0 atom stereocenters. The minimum atomic E-state index is -0.0990. The third-order valence-electron chi connectivity index (χ3n) is 2.47. The second-order valence-corrected chi connectivity index (χ2v) is 3.51. The molecule has 0 aliphatic carbocycles. The van der Waals surface area contributed by atoms with E-state index < -0.39 is 0 Å². The van der Waals surface area contributed by atoms with Crippen LogP contribution in [0.2, 0.25) is 0 Å². The van der Waals surface area contributed by atoms with Gasteiger partial charge in [-0.25, -0.2) is 0 Å². The second-order valence-electron chi connectivity index (χ2n) is 3.51. The number of nitriles is 1. The van der Waals surface area contributed by atoms with Crippen LogP contribution >= 0.6 is 0 Å². The molecule has 0 aromatic carbocycles. The first-order valence-electron chi connectivity index (χ1n) is 5.15. The SMILES string of the molecule is N#CCC(=O)N1CCC(OCCO)CC1. The number of hydrogen-bond acceptors (Lipinski definition) is 4. The van der Waals surface area contributed by atoms with Crippen molar-refractivity contribution in [2.45, 2.75) is 25.4 Å². The number of nitrogens with zero attached hydrogens (tertiary/aromatic N) is 2. The topological polar surface area (TPSA) is 73.6 Å². The number of hydrogen-bond donors (Lipinski definition) is 1. The zero-order valence-corrected chi connectivity index (χ0v) is 8.69. The van der Waals surface area contributed by atoms with Crippen molar-refractivity contribution in [2.24, 2.45) is 0 Å². The average Bonchev–Trinajstić information content (AvgIpc) is 2.27. The van der Waals surface area contributed by atoms with E-state index in [1.807, 2.05) is 6.07 Å². The van der Waals surface area contributed by atoms with Gasteiger partial charge in [-0.3, -0.25) is 4.79 Å². The molecule has 1 rings (SSSR count). The molecule has 5 nitrogen and oxygen atoms in total. The van der Waals surface area contributed by atoms with Gasteiger partial charge in [0.2, 0.25) is 5.91 Å². The Balaban J connectivity index is 2.24. The van der Waals surface area contributed by atoms with Gasteiger partial charge >= 0.3 is 0 Å². The zero-order valence-electron chi connectivity index (χ0n) is 8.69. The van der Waals surface area contributed by atoms with Gasteiger partial charge in [-0.2, -0.15) is 5.26 Å². The van der Waals surface area contributed by atoms with E-state index in [4.69, 9.17) is 15.1 Å². The standard InChI is InChI=1S/C10H16N2O3/c11-4-1-10(14)12-5-2-9(3-6-12)15-8-7-13/h9,13H,1-3,5-8H2. The zero-order chi connectivity index (χ0) is 11.1. The average molecular weight is 212 g/mol. The summed E-state index contributed by atoms with van der Waals surface area (Å²) in [5.41, 5.74) is 0. The largest absolute Gasteiger partial charge is 0.394 e. The van der Waals surface area contributed by atoms with Gasteiger partial charge in [0.25, 0.3) is 0 Å². The fourth-order valence-electron chi connectivity index (χ4n) is 1.67. The van der Waals surface area contributed by atoms with Gasteiger partial charge in [0, 0.05) is 13.1 Å². The molecule has 1 aliphatic heterocycles. The van der Waals surface area contributed by atoms with Gasteiger partial charge in [0.15, 0.2) is 0 Å². The monoisotopic (exact) mass is 212 g/mol.